The molecular weight excluding hydrogens is 384 g/mol. The Hall–Kier alpha value is -2.68. The first-order valence-corrected chi connectivity index (χ1v) is 8.21. The molecular formula is C18H16F4N2O2S. The zero-order valence-corrected chi connectivity index (χ0v) is 15.4. The first kappa shape index (κ1) is 20.6. The Balaban J connectivity index is 2.27. The van der Waals surface area contributed by atoms with Gasteiger partial charge in [-0.2, -0.15) is 8.78 Å². The van der Waals surface area contributed by atoms with E-state index in [4.69, 9.17) is 12.2 Å². The first-order chi connectivity index (χ1) is 12.7. The number of hydrogen-bond donors (Lipinski definition) is 2. The fraction of sp³-hybridized carbons (Fsp3) is 0.222. The number of amides is 1. The highest BCUT2D eigenvalue weighted by Crippen LogP contribution is 2.29. The van der Waals surface area contributed by atoms with Crippen molar-refractivity contribution in [3.8, 4) is 5.75 Å². The number of rotatable bonds is 4. The second kappa shape index (κ2) is 8.34. The van der Waals surface area contributed by atoms with Crippen LogP contribution in [0, 0.1) is 23.3 Å². The number of methoxy groups -OCH3 is 1. The Morgan fingerprint density at radius 2 is 1.59 bits per heavy atom. The van der Waals surface area contributed by atoms with E-state index < -0.39 is 40.5 Å². The molecule has 0 atom stereocenters. The number of nitrogens with one attached hydrogen (secondary N) is 2. The highest BCUT2D eigenvalue weighted by molar-refractivity contribution is 7.80. The molecule has 0 bridgehead atoms. The zero-order valence-electron chi connectivity index (χ0n) is 14.6. The highest BCUT2D eigenvalue weighted by Gasteiger charge is 2.30. The number of para-hydroxylation sites is 1. The summed E-state index contributed by atoms with van der Waals surface area (Å²) in [5, 5.41) is 4.45. The van der Waals surface area contributed by atoms with Crippen LogP contribution in [-0.4, -0.2) is 18.1 Å². The van der Waals surface area contributed by atoms with Crippen molar-refractivity contribution in [1.82, 2.24) is 5.32 Å². The van der Waals surface area contributed by atoms with Crippen LogP contribution in [0.25, 0.3) is 0 Å². The maximum atomic E-state index is 14.0. The molecule has 0 saturated carbocycles. The van der Waals surface area contributed by atoms with Crippen LogP contribution in [0.3, 0.4) is 0 Å². The molecule has 144 valence electrons. The topological polar surface area (TPSA) is 50.4 Å². The fourth-order valence-electron chi connectivity index (χ4n) is 2.42. The van der Waals surface area contributed by atoms with Crippen molar-refractivity contribution in [2.24, 2.45) is 0 Å². The van der Waals surface area contributed by atoms with Crippen LogP contribution in [0.15, 0.2) is 24.3 Å². The lowest BCUT2D eigenvalue weighted by Gasteiger charge is -2.16. The average molecular weight is 400 g/mol. The quantitative estimate of drug-likeness (QED) is 0.451. The smallest absolute Gasteiger partial charge is 0.263 e. The molecule has 27 heavy (non-hydrogen) atoms. The number of hydrogen-bond acceptors (Lipinski definition) is 3. The SMILES string of the molecule is COc1c(F)c(F)c(C(=O)NC(=S)Nc2ccccc2C(C)C)c(F)c1F. The largest absolute Gasteiger partial charge is 0.491 e. The molecule has 0 heterocycles. The van der Waals surface area contributed by atoms with Gasteiger partial charge in [0.15, 0.2) is 22.5 Å². The molecule has 1 amide bonds. The third kappa shape index (κ3) is 4.19. The van der Waals surface area contributed by atoms with E-state index in [1.54, 1.807) is 12.1 Å². The van der Waals surface area contributed by atoms with E-state index >= 15 is 0 Å². The molecule has 9 heteroatoms. The van der Waals surface area contributed by atoms with Crippen molar-refractivity contribution in [2.45, 2.75) is 19.8 Å². The van der Waals surface area contributed by atoms with Gasteiger partial charge >= 0.3 is 0 Å². The summed E-state index contributed by atoms with van der Waals surface area (Å²) in [6, 6.07) is 7.08. The van der Waals surface area contributed by atoms with E-state index in [1.807, 2.05) is 31.3 Å². The van der Waals surface area contributed by atoms with E-state index in [0.717, 1.165) is 12.7 Å². The van der Waals surface area contributed by atoms with Crippen LogP contribution in [0.4, 0.5) is 23.2 Å². The maximum Gasteiger partial charge on any atom is 0.263 e. The van der Waals surface area contributed by atoms with Gasteiger partial charge in [-0.05, 0) is 29.8 Å². The molecule has 0 saturated heterocycles. The van der Waals surface area contributed by atoms with E-state index in [0.29, 0.717) is 5.69 Å². The van der Waals surface area contributed by atoms with Gasteiger partial charge in [-0.25, -0.2) is 8.78 Å². The van der Waals surface area contributed by atoms with Gasteiger partial charge in [0, 0.05) is 5.69 Å². The Morgan fingerprint density at radius 1 is 1.04 bits per heavy atom. The zero-order chi connectivity index (χ0) is 20.3. The molecule has 0 unspecified atom stereocenters. The number of halogens is 4. The standard InChI is InChI=1S/C18H16F4N2O2S/c1-8(2)9-6-4-5-7-10(9)23-18(27)24-17(25)11-12(19)14(21)16(26-3)15(22)13(11)20/h4-8H,1-3H3,(H2,23,24,25,27). The first-order valence-electron chi connectivity index (χ1n) is 7.80. The minimum Gasteiger partial charge on any atom is -0.491 e. The van der Waals surface area contributed by atoms with Gasteiger partial charge in [0.05, 0.1) is 7.11 Å². The van der Waals surface area contributed by atoms with Crippen LogP contribution in [0.1, 0.15) is 35.7 Å². The molecule has 0 aliphatic heterocycles. The van der Waals surface area contributed by atoms with Crippen LogP contribution in [0.5, 0.6) is 5.75 Å². The van der Waals surface area contributed by atoms with Crippen LogP contribution in [-0.2, 0) is 0 Å². The molecule has 0 fully saturated rings. The second-order valence-electron chi connectivity index (χ2n) is 5.81. The molecule has 0 spiro atoms. The summed E-state index contributed by atoms with van der Waals surface area (Å²) in [5.41, 5.74) is 0.0194. The number of benzene rings is 2. The third-order valence-electron chi connectivity index (χ3n) is 3.71. The third-order valence-corrected chi connectivity index (χ3v) is 3.92. The van der Waals surface area contributed by atoms with Gasteiger partial charge in [-0.15, -0.1) is 0 Å². The van der Waals surface area contributed by atoms with Gasteiger partial charge < -0.3 is 10.1 Å². The second-order valence-corrected chi connectivity index (χ2v) is 6.22. The van der Waals surface area contributed by atoms with Crippen molar-refractivity contribution in [1.29, 1.82) is 0 Å². The predicted molar refractivity (Wildman–Crippen MR) is 97.0 cm³/mol. The Bertz CT molecular complexity index is 874. The molecule has 4 nitrogen and oxygen atoms in total. The highest BCUT2D eigenvalue weighted by atomic mass is 32.1. The number of ether oxygens (including phenoxy) is 1. The van der Waals surface area contributed by atoms with E-state index in [-0.39, 0.29) is 11.0 Å². The lowest BCUT2D eigenvalue weighted by atomic mass is 10.0. The molecule has 0 aliphatic carbocycles. The summed E-state index contributed by atoms with van der Waals surface area (Å²) in [6.45, 7) is 3.88. The molecule has 0 aliphatic rings. The van der Waals surface area contributed by atoms with Crippen molar-refractivity contribution >= 4 is 28.9 Å². The normalized spacial score (nSPS) is 10.7. The Morgan fingerprint density at radius 3 is 2.11 bits per heavy atom. The average Bonchev–Trinajstić information content (AvgIpc) is 2.61. The summed E-state index contributed by atoms with van der Waals surface area (Å²) in [5.74, 6) is -9.96. The van der Waals surface area contributed by atoms with Crippen molar-refractivity contribution in [3.05, 3.63) is 58.7 Å². The molecule has 2 N–H and O–H groups in total. The Kier molecular flexibility index (Phi) is 6.37. The lowest BCUT2D eigenvalue weighted by Crippen LogP contribution is -2.36. The van der Waals surface area contributed by atoms with Crippen LogP contribution < -0.4 is 15.4 Å². The Labute approximate surface area is 158 Å². The number of carbonyl (C=O) groups excluding carboxylic acids is 1. The van der Waals surface area contributed by atoms with Gasteiger partial charge in [-0.1, -0.05) is 32.0 Å². The van der Waals surface area contributed by atoms with Crippen LogP contribution in [0.2, 0.25) is 0 Å². The van der Waals surface area contributed by atoms with E-state index in [9.17, 15) is 22.4 Å². The monoisotopic (exact) mass is 400 g/mol. The summed E-state index contributed by atoms with van der Waals surface area (Å²) in [7, 11) is 0.839. The predicted octanol–water partition coefficient (Wildman–Crippen LogP) is 4.50. The van der Waals surface area contributed by atoms with Gasteiger partial charge in [0.25, 0.3) is 5.91 Å². The summed E-state index contributed by atoms with van der Waals surface area (Å²) >= 11 is 4.96. The summed E-state index contributed by atoms with van der Waals surface area (Å²) in [6.07, 6.45) is 0. The molecule has 0 radical (unpaired) electrons. The number of carbonyl (C=O) groups is 1. The molecule has 0 aromatic heterocycles. The minimum absolute atomic E-state index is 0.131. The fourth-order valence-corrected chi connectivity index (χ4v) is 2.63. The van der Waals surface area contributed by atoms with Gasteiger partial charge in [-0.3, -0.25) is 10.1 Å². The molecule has 2 aromatic rings. The molecule has 2 aromatic carbocycles. The summed E-state index contributed by atoms with van der Waals surface area (Å²) < 4.78 is 59.8. The van der Waals surface area contributed by atoms with Gasteiger partial charge in [0.1, 0.15) is 5.56 Å². The van der Waals surface area contributed by atoms with E-state index in [1.165, 1.54) is 0 Å². The number of thiocarbonyl (C=S) groups is 1. The van der Waals surface area contributed by atoms with Crippen molar-refractivity contribution < 1.29 is 27.1 Å². The number of anilines is 1. The van der Waals surface area contributed by atoms with Crippen molar-refractivity contribution in [2.75, 3.05) is 12.4 Å². The lowest BCUT2D eigenvalue weighted by molar-refractivity contribution is 0.0966. The van der Waals surface area contributed by atoms with Gasteiger partial charge in [0.2, 0.25) is 11.6 Å². The minimum atomic E-state index is -1.88. The summed E-state index contributed by atoms with van der Waals surface area (Å²) in [4.78, 5) is 12.1. The van der Waals surface area contributed by atoms with E-state index in [2.05, 4.69) is 10.1 Å². The maximum absolute atomic E-state index is 14.0. The van der Waals surface area contributed by atoms with Crippen molar-refractivity contribution in [3.63, 3.8) is 0 Å². The van der Waals surface area contributed by atoms with Crippen LogP contribution >= 0.6 is 12.2 Å². The molecule has 2 rings (SSSR count).